The molecule has 0 aromatic heterocycles. The van der Waals surface area contributed by atoms with Crippen LogP contribution >= 0.6 is 0 Å². The monoisotopic (exact) mass is 697 g/mol. The van der Waals surface area contributed by atoms with E-state index in [1.165, 1.54) is 114 Å². The average Bonchev–Trinajstić information content (AvgIpc) is 3.72. The highest BCUT2D eigenvalue weighted by atomic mass is 15.1. The fourth-order valence-electron chi connectivity index (χ4n) is 10.1. The molecule has 0 fully saturated rings. The van der Waals surface area contributed by atoms with Gasteiger partial charge in [-0.1, -0.05) is 121 Å². The molecule has 0 aliphatic heterocycles. The summed E-state index contributed by atoms with van der Waals surface area (Å²) in [6.07, 6.45) is 0. The smallest absolute Gasteiger partial charge is 0.0540 e. The van der Waals surface area contributed by atoms with Crippen LogP contribution in [0.2, 0.25) is 0 Å². The van der Waals surface area contributed by atoms with Gasteiger partial charge in [-0.3, -0.25) is 0 Å². The summed E-state index contributed by atoms with van der Waals surface area (Å²) in [7, 11) is 0. The first-order valence-electron chi connectivity index (χ1n) is 19.3. The van der Waals surface area contributed by atoms with E-state index in [9.17, 15) is 0 Å². The van der Waals surface area contributed by atoms with E-state index in [0.29, 0.717) is 0 Å². The van der Waals surface area contributed by atoms with Crippen LogP contribution in [0.4, 0.5) is 17.1 Å². The molecule has 0 aliphatic rings. The first kappa shape index (κ1) is 30.5. The lowest BCUT2D eigenvalue weighted by Crippen LogP contribution is -2.10. The van der Waals surface area contributed by atoms with Crippen molar-refractivity contribution in [1.29, 1.82) is 0 Å². The van der Waals surface area contributed by atoms with Crippen molar-refractivity contribution >= 4 is 103 Å². The maximum atomic E-state index is 2.52. The highest BCUT2D eigenvalue weighted by molar-refractivity contribution is 6.39. The van der Waals surface area contributed by atoms with Gasteiger partial charge >= 0.3 is 0 Å². The summed E-state index contributed by atoms with van der Waals surface area (Å²) >= 11 is 0. The van der Waals surface area contributed by atoms with Crippen molar-refractivity contribution in [3.05, 3.63) is 187 Å². The minimum absolute atomic E-state index is 1.14. The molecule has 0 saturated heterocycles. The van der Waals surface area contributed by atoms with Crippen LogP contribution in [0, 0.1) is 13.8 Å². The van der Waals surface area contributed by atoms with E-state index in [1.807, 2.05) is 0 Å². The first-order chi connectivity index (χ1) is 27.1. The Morgan fingerprint density at radius 3 is 1.36 bits per heavy atom. The van der Waals surface area contributed by atoms with Crippen LogP contribution in [0.1, 0.15) is 11.1 Å². The molecule has 0 amide bonds. The zero-order valence-corrected chi connectivity index (χ0v) is 30.7. The maximum Gasteiger partial charge on any atom is 0.0540 e. The second kappa shape index (κ2) is 11.3. The Morgan fingerprint density at radius 1 is 0.291 bits per heavy atom. The summed E-state index contributed by atoms with van der Waals surface area (Å²) in [6, 6.07) is 65.6. The molecule has 0 N–H and O–H groups in total. The van der Waals surface area contributed by atoms with Gasteiger partial charge in [0.1, 0.15) is 0 Å². The average molecular weight is 698 g/mol. The molecule has 0 radical (unpaired) electrons. The van der Waals surface area contributed by atoms with Crippen molar-refractivity contribution in [1.82, 2.24) is 0 Å². The summed E-state index contributed by atoms with van der Waals surface area (Å²) in [4.78, 5) is 2.40. The van der Waals surface area contributed by atoms with Crippen LogP contribution < -0.4 is 4.90 Å². The molecule has 12 aromatic rings. The van der Waals surface area contributed by atoms with E-state index in [0.717, 1.165) is 11.4 Å². The van der Waals surface area contributed by atoms with Gasteiger partial charge in [0.15, 0.2) is 0 Å². The molecule has 0 unspecified atom stereocenters. The number of aryl methyl sites for hydroxylation is 2. The van der Waals surface area contributed by atoms with E-state index in [4.69, 9.17) is 0 Å². The molecular formula is C54H35N. The number of fused-ring (bicyclic) bond motifs is 10. The topological polar surface area (TPSA) is 3.24 Å². The summed E-state index contributed by atoms with van der Waals surface area (Å²) in [5, 5.41) is 21.1. The molecule has 0 atom stereocenters. The third-order valence-corrected chi connectivity index (χ3v) is 12.4. The predicted molar refractivity (Wildman–Crippen MR) is 238 cm³/mol. The Bertz CT molecular complexity index is 3430. The third kappa shape index (κ3) is 4.18. The molecule has 12 rings (SSSR count). The van der Waals surface area contributed by atoms with Crippen molar-refractivity contribution in [2.24, 2.45) is 0 Å². The molecule has 0 aliphatic carbocycles. The Morgan fingerprint density at radius 2 is 0.709 bits per heavy atom. The van der Waals surface area contributed by atoms with Gasteiger partial charge in [0, 0.05) is 16.8 Å². The van der Waals surface area contributed by atoms with Crippen LogP contribution in [0.5, 0.6) is 0 Å². The molecule has 0 saturated carbocycles. The van der Waals surface area contributed by atoms with Crippen LogP contribution in [-0.4, -0.2) is 0 Å². The van der Waals surface area contributed by atoms with E-state index in [2.05, 4.69) is 195 Å². The number of anilines is 3. The number of rotatable bonds is 4. The summed E-state index contributed by atoms with van der Waals surface area (Å²) in [5.41, 5.74) is 8.71. The Balaban J connectivity index is 1.24. The molecule has 256 valence electrons. The van der Waals surface area contributed by atoms with Crippen molar-refractivity contribution in [2.75, 3.05) is 4.90 Å². The largest absolute Gasteiger partial charge is 0.310 e. The van der Waals surface area contributed by atoms with Crippen LogP contribution in [-0.2, 0) is 0 Å². The molecule has 0 bridgehead atoms. The lowest BCUT2D eigenvalue weighted by Gasteiger charge is -2.27. The molecular weight excluding hydrogens is 663 g/mol. The number of para-hydroxylation sites is 2. The normalized spacial score (nSPS) is 12.2. The zero-order chi connectivity index (χ0) is 36.4. The van der Waals surface area contributed by atoms with Gasteiger partial charge in [0.05, 0.1) is 5.69 Å². The van der Waals surface area contributed by atoms with E-state index in [-0.39, 0.29) is 0 Å². The lowest BCUT2D eigenvalue weighted by atomic mass is 9.86. The third-order valence-electron chi connectivity index (χ3n) is 12.4. The number of hydrogen-bond donors (Lipinski definition) is 0. The highest BCUT2D eigenvalue weighted by Gasteiger charge is 2.23. The van der Waals surface area contributed by atoms with Crippen LogP contribution in [0.15, 0.2) is 176 Å². The molecule has 55 heavy (non-hydrogen) atoms. The van der Waals surface area contributed by atoms with Gasteiger partial charge in [0.2, 0.25) is 0 Å². The fourth-order valence-corrected chi connectivity index (χ4v) is 10.1. The first-order valence-corrected chi connectivity index (χ1v) is 19.3. The Hall–Kier alpha value is -6.96. The van der Waals surface area contributed by atoms with E-state index >= 15 is 0 Å². The maximum absolute atomic E-state index is 2.52. The minimum atomic E-state index is 1.14. The Kier molecular flexibility index (Phi) is 6.25. The van der Waals surface area contributed by atoms with Crippen LogP contribution in [0.3, 0.4) is 0 Å². The highest BCUT2D eigenvalue weighted by Crippen LogP contribution is 2.50. The zero-order valence-electron chi connectivity index (χ0n) is 30.7. The molecule has 1 nitrogen and oxygen atoms in total. The van der Waals surface area contributed by atoms with Gasteiger partial charge in [-0.15, -0.1) is 0 Å². The summed E-state index contributed by atoms with van der Waals surface area (Å²) in [5.74, 6) is 0. The molecule has 0 spiro atoms. The fraction of sp³-hybridized carbons (Fsp3) is 0.0370. The van der Waals surface area contributed by atoms with Gasteiger partial charge in [0.25, 0.3) is 0 Å². The number of hydrogen-bond acceptors (Lipinski definition) is 1. The van der Waals surface area contributed by atoms with Gasteiger partial charge < -0.3 is 4.90 Å². The predicted octanol–water partition coefficient (Wildman–Crippen LogP) is 15.5. The van der Waals surface area contributed by atoms with Crippen molar-refractivity contribution in [3.8, 4) is 11.1 Å². The van der Waals surface area contributed by atoms with Gasteiger partial charge in [-0.05, 0) is 171 Å². The summed E-state index contributed by atoms with van der Waals surface area (Å²) < 4.78 is 0. The number of benzene rings is 10. The summed E-state index contributed by atoms with van der Waals surface area (Å²) in [6.45, 7) is 4.53. The lowest BCUT2D eigenvalue weighted by molar-refractivity contribution is 1.30. The Labute approximate surface area is 319 Å². The second-order valence-corrected chi connectivity index (χ2v) is 15.3. The van der Waals surface area contributed by atoms with E-state index in [1.54, 1.807) is 0 Å². The van der Waals surface area contributed by atoms with Crippen molar-refractivity contribution < 1.29 is 0 Å². The molecule has 1 heteroatoms. The van der Waals surface area contributed by atoms with Gasteiger partial charge in [-0.2, -0.15) is 0 Å². The van der Waals surface area contributed by atoms with Gasteiger partial charge in [-0.25, -0.2) is 0 Å². The minimum Gasteiger partial charge on any atom is -0.310 e. The molecule has 12 aromatic carbocycles. The van der Waals surface area contributed by atoms with E-state index < -0.39 is 0 Å². The molecule has 0 heterocycles. The SMILES string of the molecule is Cc1cccc(C)c1-c1cc2c(cc3c4ccccc4c4cccc2c43)c2cc3c(cc12)c1cccc2c(N(c4ccccc4)c4ccccc4)ccc3c21. The van der Waals surface area contributed by atoms with Crippen molar-refractivity contribution in [2.45, 2.75) is 13.8 Å². The quantitative estimate of drug-likeness (QED) is 0.166. The van der Waals surface area contributed by atoms with Crippen molar-refractivity contribution in [3.63, 3.8) is 0 Å². The van der Waals surface area contributed by atoms with Crippen LogP contribution in [0.25, 0.3) is 97.3 Å². The standard InChI is InChI=1S/C54H35N/c1-32-14-11-15-33(2)52(32)50-30-45-40-23-12-22-38-36-20-9-10-21-37(36)49(54(38)40)31-47(45)46-28-44-41-26-27-51(42-25-13-24-39(53(41)42)43(44)29-48(46)50)55(34-16-5-3-6-17-34)35-18-7-4-8-19-35/h3-31H,1-2H3. The number of nitrogens with zero attached hydrogens (tertiary/aromatic N) is 1. The second-order valence-electron chi connectivity index (χ2n) is 15.3.